The molecule has 0 saturated heterocycles. The Labute approximate surface area is 164 Å². The van der Waals surface area contributed by atoms with Gasteiger partial charge in [0.25, 0.3) is 0 Å². The van der Waals surface area contributed by atoms with Crippen molar-refractivity contribution >= 4 is 17.5 Å². The number of para-hydroxylation sites is 1. The van der Waals surface area contributed by atoms with Gasteiger partial charge in [-0.3, -0.25) is 0 Å². The van der Waals surface area contributed by atoms with E-state index >= 15 is 0 Å². The minimum absolute atomic E-state index is 0.250. The Kier molecular flexibility index (Phi) is 8.40. The van der Waals surface area contributed by atoms with Gasteiger partial charge in [-0.05, 0) is 35.4 Å². The van der Waals surface area contributed by atoms with Crippen molar-refractivity contribution in [1.82, 2.24) is 0 Å². The zero-order valence-electron chi connectivity index (χ0n) is 15.2. The molecule has 0 aromatic heterocycles. The molecule has 0 aliphatic carbocycles. The van der Waals surface area contributed by atoms with Crippen LogP contribution in [0.3, 0.4) is 0 Å². The zero-order valence-corrected chi connectivity index (χ0v) is 15.2. The van der Waals surface area contributed by atoms with E-state index in [4.69, 9.17) is 20.7 Å². The number of anilines is 2. The van der Waals surface area contributed by atoms with Gasteiger partial charge in [0.15, 0.2) is 0 Å². The molecule has 0 saturated carbocycles. The van der Waals surface area contributed by atoms with E-state index in [2.05, 4.69) is 53.1 Å². The molecule has 140 valence electrons. The number of rotatable bonds is 7. The lowest BCUT2D eigenvalue weighted by Crippen LogP contribution is -2.01. The van der Waals surface area contributed by atoms with Crippen molar-refractivity contribution in [1.29, 1.82) is 0 Å². The van der Waals surface area contributed by atoms with Gasteiger partial charge in [0.05, 0.1) is 0 Å². The second kappa shape index (κ2) is 11.6. The molecule has 0 aliphatic heterocycles. The fourth-order valence-electron chi connectivity index (χ4n) is 2.48. The first-order valence-corrected chi connectivity index (χ1v) is 8.57. The summed E-state index contributed by atoms with van der Waals surface area (Å²) in [6.45, 7) is 1.55. The number of hydrogen-bond donors (Lipinski definition) is 2. The number of hydrogen-bond acceptors (Lipinski definition) is 5. The van der Waals surface area contributed by atoms with Gasteiger partial charge in [-0.25, -0.2) is 0 Å². The third-order valence-electron chi connectivity index (χ3n) is 3.80. The molecule has 2 N–H and O–H groups in total. The lowest BCUT2D eigenvalue weighted by molar-refractivity contribution is -0.191. The summed E-state index contributed by atoms with van der Waals surface area (Å²) in [6, 6.07) is 26.4. The van der Waals surface area contributed by atoms with Crippen LogP contribution >= 0.6 is 0 Å². The van der Waals surface area contributed by atoms with Gasteiger partial charge in [-0.15, -0.1) is 0 Å². The molecule has 0 radical (unpaired) electrons. The third-order valence-corrected chi connectivity index (χ3v) is 3.80. The van der Waals surface area contributed by atoms with Crippen molar-refractivity contribution in [3.05, 3.63) is 90.0 Å². The maximum absolute atomic E-state index is 8.12. The zero-order chi connectivity index (χ0) is 20.0. The van der Waals surface area contributed by atoms with Crippen molar-refractivity contribution in [2.24, 2.45) is 0 Å². The minimum Gasteiger partial charge on any atom is -0.408 e. The van der Waals surface area contributed by atoms with Crippen LogP contribution in [-0.4, -0.2) is 6.15 Å². The molecule has 3 aromatic rings. The SMILES string of the molecule is C#COc1cccc(NCc2ccc(CNc3ccccc3)cc2)c1.O=C=O. The summed E-state index contributed by atoms with van der Waals surface area (Å²) in [5.74, 6) is 0.662. The normalized spacial score (nSPS) is 9.11. The molecule has 0 aliphatic rings. The van der Waals surface area contributed by atoms with Crippen LogP contribution in [0.5, 0.6) is 5.75 Å². The lowest BCUT2D eigenvalue weighted by Gasteiger charge is -2.09. The van der Waals surface area contributed by atoms with E-state index in [0.29, 0.717) is 5.75 Å². The average molecular weight is 372 g/mol. The second-order valence-electron chi connectivity index (χ2n) is 5.72. The minimum atomic E-state index is 0.250. The summed E-state index contributed by atoms with van der Waals surface area (Å²) >= 11 is 0. The van der Waals surface area contributed by atoms with Gasteiger partial charge in [-0.1, -0.05) is 55.0 Å². The molecular formula is C23H20N2O3. The first-order valence-electron chi connectivity index (χ1n) is 8.57. The highest BCUT2D eigenvalue weighted by Gasteiger charge is 1.99. The molecule has 0 amide bonds. The van der Waals surface area contributed by atoms with Crippen LogP contribution in [0.25, 0.3) is 0 Å². The van der Waals surface area contributed by atoms with Crippen LogP contribution in [0.2, 0.25) is 0 Å². The molecule has 0 spiro atoms. The Hall–Kier alpha value is -4.00. The molecule has 3 aromatic carbocycles. The molecule has 0 unspecified atom stereocenters. The van der Waals surface area contributed by atoms with Gasteiger partial charge in [-0.2, -0.15) is 9.59 Å². The smallest absolute Gasteiger partial charge is 0.373 e. The lowest BCUT2D eigenvalue weighted by atomic mass is 10.1. The highest BCUT2D eigenvalue weighted by Crippen LogP contribution is 2.18. The van der Waals surface area contributed by atoms with E-state index in [1.165, 1.54) is 11.1 Å². The Bertz CT molecular complexity index is 926. The van der Waals surface area contributed by atoms with Crippen molar-refractivity contribution in [3.8, 4) is 18.3 Å². The monoisotopic (exact) mass is 372 g/mol. The molecule has 0 heterocycles. The van der Waals surface area contributed by atoms with Crippen molar-refractivity contribution < 1.29 is 14.3 Å². The Morgan fingerprint density at radius 1 is 0.750 bits per heavy atom. The van der Waals surface area contributed by atoms with Gasteiger partial charge in [0.1, 0.15) is 11.9 Å². The van der Waals surface area contributed by atoms with Gasteiger partial charge < -0.3 is 15.4 Å². The first kappa shape index (κ1) is 20.3. The van der Waals surface area contributed by atoms with Crippen LogP contribution in [0.1, 0.15) is 11.1 Å². The predicted molar refractivity (Wildman–Crippen MR) is 108 cm³/mol. The Morgan fingerprint density at radius 2 is 1.29 bits per heavy atom. The number of carbonyl (C=O) groups excluding carboxylic acids is 2. The van der Waals surface area contributed by atoms with E-state index in [1.54, 1.807) is 0 Å². The van der Waals surface area contributed by atoms with E-state index in [9.17, 15) is 0 Å². The van der Waals surface area contributed by atoms with E-state index < -0.39 is 0 Å². The molecular weight excluding hydrogens is 352 g/mol. The highest BCUT2D eigenvalue weighted by molar-refractivity contribution is 5.49. The Balaban J connectivity index is 0.000000878. The standard InChI is InChI=1S/C22H20N2O.CO2/c1-2-25-22-10-6-9-21(15-22)24-17-19-13-11-18(12-14-19)16-23-20-7-4-3-5-8-20;2-1-3/h1,3-15,23-24H,16-17H2;. The molecule has 0 bridgehead atoms. The van der Waals surface area contributed by atoms with Crippen LogP contribution in [0.15, 0.2) is 78.9 Å². The van der Waals surface area contributed by atoms with Crippen LogP contribution in [-0.2, 0) is 22.7 Å². The highest BCUT2D eigenvalue weighted by atomic mass is 16.5. The number of ether oxygens (including phenoxy) is 1. The number of nitrogens with one attached hydrogen (secondary N) is 2. The number of benzene rings is 3. The summed E-state index contributed by atoms with van der Waals surface area (Å²) in [4.78, 5) is 16.2. The molecule has 5 nitrogen and oxygen atoms in total. The molecule has 28 heavy (non-hydrogen) atoms. The summed E-state index contributed by atoms with van der Waals surface area (Å²) < 4.78 is 5.06. The van der Waals surface area contributed by atoms with Gasteiger partial charge in [0.2, 0.25) is 0 Å². The molecule has 5 heteroatoms. The Morgan fingerprint density at radius 3 is 1.86 bits per heavy atom. The third kappa shape index (κ3) is 7.09. The second-order valence-corrected chi connectivity index (χ2v) is 5.72. The largest absolute Gasteiger partial charge is 0.408 e. The van der Waals surface area contributed by atoms with E-state index in [-0.39, 0.29) is 6.15 Å². The van der Waals surface area contributed by atoms with Gasteiger partial charge >= 0.3 is 6.15 Å². The van der Waals surface area contributed by atoms with Gasteiger partial charge in [0, 0.05) is 30.5 Å². The molecule has 0 fully saturated rings. The first-order chi connectivity index (χ1) is 13.7. The summed E-state index contributed by atoms with van der Waals surface area (Å²) in [5, 5.41) is 6.78. The number of terminal acetylenes is 1. The van der Waals surface area contributed by atoms with Crippen molar-refractivity contribution in [3.63, 3.8) is 0 Å². The predicted octanol–water partition coefficient (Wildman–Crippen LogP) is 4.30. The van der Waals surface area contributed by atoms with Crippen molar-refractivity contribution in [2.75, 3.05) is 10.6 Å². The van der Waals surface area contributed by atoms with Crippen molar-refractivity contribution in [2.45, 2.75) is 13.1 Å². The van der Waals surface area contributed by atoms with Crippen LogP contribution < -0.4 is 15.4 Å². The molecule has 3 rings (SSSR count). The molecule has 0 atom stereocenters. The van der Waals surface area contributed by atoms with Crippen LogP contribution in [0.4, 0.5) is 11.4 Å². The fourth-order valence-corrected chi connectivity index (χ4v) is 2.48. The van der Waals surface area contributed by atoms with E-state index in [1.807, 2.05) is 42.5 Å². The summed E-state index contributed by atoms with van der Waals surface area (Å²) in [5.41, 5.74) is 4.56. The fraction of sp³-hybridized carbons (Fsp3) is 0.0870. The summed E-state index contributed by atoms with van der Waals surface area (Å²) in [6.07, 6.45) is 7.59. The maximum Gasteiger partial charge on any atom is 0.373 e. The van der Waals surface area contributed by atoms with E-state index in [0.717, 1.165) is 24.5 Å². The van der Waals surface area contributed by atoms with Crippen LogP contribution in [0, 0.1) is 12.5 Å². The summed E-state index contributed by atoms with van der Waals surface area (Å²) in [7, 11) is 0. The quantitative estimate of drug-likeness (QED) is 0.606. The maximum atomic E-state index is 8.12. The average Bonchev–Trinajstić information content (AvgIpc) is 2.73. The topological polar surface area (TPSA) is 67.4 Å².